The topological polar surface area (TPSA) is 61.8 Å². The van der Waals surface area contributed by atoms with Gasteiger partial charge >= 0.3 is 0 Å². The van der Waals surface area contributed by atoms with Crippen LogP contribution in [0.3, 0.4) is 0 Å². The average molecular weight is 278 g/mol. The molecule has 1 saturated heterocycles. The molecule has 20 heavy (non-hydrogen) atoms. The van der Waals surface area contributed by atoms with E-state index in [2.05, 4.69) is 5.32 Å². The van der Waals surface area contributed by atoms with Crippen LogP contribution in [0, 0.1) is 0 Å². The zero-order valence-corrected chi connectivity index (χ0v) is 11.6. The highest BCUT2D eigenvalue weighted by Gasteiger charge is 2.18. The van der Waals surface area contributed by atoms with Crippen LogP contribution in [0.5, 0.6) is 0 Å². The number of carbonyl (C=O) groups excluding carboxylic acids is 1. The van der Waals surface area contributed by atoms with E-state index in [4.69, 9.17) is 9.84 Å². The summed E-state index contributed by atoms with van der Waals surface area (Å²) < 4.78 is 5.28. The molecule has 0 unspecified atom stereocenters. The van der Waals surface area contributed by atoms with Crippen molar-refractivity contribution in [2.45, 2.75) is 18.9 Å². The van der Waals surface area contributed by atoms with Crippen molar-refractivity contribution in [2.75, 3.05) is 37.8 Å². The van der Waals surface area contributed by atoms with Crippen molar-refractivity contribution in [2.24, 2.45) is 0 Å². The second-order valence-electron chi connectivity index (χ2n) is 4.93. The predicted molar refractivity (Wildman–Crippen MR) is 77.7 cm³/mol. The van der Waals surface area contributed by atoms with Gasteiger partial charge in [-0.3, -0.25) is 4.79 Å². The molecule has 1 aromatic carbocycles. The quantitative estimate of drug-likeness (QED) is 0.807. The molecule has 5 heteroatoms. The molecule has 0 saturated carbocycles. The summed E-state index contributed by atoms with van der Waals surface area (Å²) in [6.45, 7) is 2.17. The second-order valence-corrected chi connectivity index (χ2v) is 4.93. The van der Waals surface area contributed by atoms with Crippen LogP contribution in [0.25, 0.3) is 0 Å². The van der Waals surface area contributed by atoms with E-state index in [0.717, 1.165) is 18.5 Å². The van der Waals surface area contributed by atoms with Gasteiger partial charge in [0.2, 0.25) is 5.91 Å². The first-order valence-electron chi connectivity index (χ1n) is 7.07. The van der Waals surface area contributed by atoms with Crippen molar-refractivity contribution >= 4 is 11.6 Å². The zero-order valence-electron chi connectivity index (χ0n) is 11.6. The molecular weight excluding hydrogens is 256 g/mol. The van der Waals surface area contributed by atoms with Crippen molar-refractivity contribution in [3.05, 3.63) is 30.3 Å². The molecule has 0 aromatic heterocycles. The molecular formula is C15H22N2O3. The van der Waals surface area contributed by atoms with Crippen molar-refractivity contribution < 1.29 is 14.6 Å². The van der Waals surface area contributed by atoms with Crippen LogP contribution < -0.4 is 10.2 Å². The van der Waals surface area contributed by atoms with Crippen LogP contribution in [-0.4, -0.2) is 50.0 Å². The first kappa shape index (κ1) is 14.8. The Labute approximate surface area is 119 Å². The lowest BCUT2D eigenvalue weighted by atomic mass is 10.1. The molecule has 1 aliphatic heterocycles. The van der Waals surface area contributed by atoms with E-state index in [0.29, 0.717) is 19.8 Å². The van der Waals surface area contributed by atoms with E-state index >= 15 is 0 Å². The van der Waals surface area contributed by atoms with E-state index in [1.165, 1.54) is 0 Å². The Balaban J connectivity index is 1.88. The monoisotopic (exact) mass is 278 g/mol. The van der Waals surface area contributed by atoms with Crippen molar-refractivity contribution in [1.29, 1.82) is 0 Å². The molecule has 2 N–H and O–H groups in total. The Bertz CT molecular complexity index is 405. The van der Waals surface area contributed by atoms with Crippen LogP contribution in [0.15, 0.2) is 30.3 Å². The van der Waals surface area contributed by atoms with Gasteiger partial charge in [0.05, 0.1) is 13.2 Å². The lowest BCUT2D eigenvalue weighted by molar-refractivity contribution is -0.121. The van der Waals surface area contributed by atoms with Crippen molar-refractivity contribution in [3.8, 4) is 0 Å². The summed E-state index contributed by atoms with van der Waals surface area (Å²) in [5.41, 5.74) is 0.948. The Morgan fingerprint density at radius 2 is 2.00 bits per heavy atom. The van der Waals surface area contributed by atoms with Crippen LogP contribution in [-0.2, 0) is 9.53 Å². The molecule has 110 valence electrons. The lowest BCUT2D eigenvalue weighted by Gasteiger charge is -2.27. The Kier molecular flexibility index (Phi) is 5.83. The minimum absolute atomic E-state index is 0.00537. The highest BCUT2D eigenvalue weighted by molar-refractivity contribution is 5.81. The summed E-state index contributed by atoms with van der Waals surface area (Å²) in [5, 5.41) is 12.2. The van der Waals surface area contributed by atoms with Crippen LogP contribution in [0.2, 0.25) is 0 Å². The van der Waals surface area contributed by atoms with Gasteiger partial charge in [0.15, 0.2) is 0 Å². The normalized spacial score (nSPS) is 15.8. The van der Waals surface area contributed by atoms with Gasteiger partial charge in [-0.25, -0.2) is 0 Å². The van der Waals surface area contributed by atoms with Crippen LogP contribution in [0.4, 0.5) is 5.69 Å². The average Bonchev–Trinajstić information content (AvgIpc) is 2.49. The van der Waals surface area contributed by atoms with E-state index in [1.807, 2.05) is 35.2 Å². The SMILES string of the molecule is O=C(CN(CCO)c1ccccc1)NC1CCOCC1. The maximum atomic E-state index is 12.1. The Hall–Kier alpha value is -1.59. The molecule has 1 fully saturated rings. The highest BCUT2D eigenvalue weighted by Crippen LogP contribution is 2.12. The predicted octanol–water partition coefficient (Wildman–Crippen LogP) is 0.780. The molecule has 2 rings (SSSR count). The number of amides is 1. The molecule has 0 aliphatic carbocycles. The minimum Gasteiger partial charge on any atom is -0.395 e. The van der Waals surface area contributed by atoms with Crippen molar-refractivity contribution in [1.82, 2.24) is 5.32 Å². The molecule has 1 heterocycles. The number of anilines is 1. The number of rotatable bonds is 6. The summed E-state index contributed by atoms with van der Waals surface area (Å²) in [6, 6.07) is 9.88. The number of aliphatic hydroxyl groups excluding tert-OH is 1. The fraction of sp³-hybridized carbons (Fsp3) is 0.533. The number of nitrogens with one attached hydrogen (secondary N) is 1. The summed E-state index contributed by atoms with van der Waals surface area (Å²) in [6.07, 6.45) is 1.74. The fourth-order valence-electron chi connectivity index (χ4n) is 2.35. The third-order valence-corrected chi connectivity index (χ3v) is 3.41. The number of benzene rings is 1. The summed E-state index contributed by atoms with van der Waals surface area (Å²) >= 11 is 0. The van der Waals surface area contributed by atoms with E-state index in [9.17, 15) is 4.79 Å². The zero-order chi connectivity index (χ0) is 14.2. The van der Waals surface area contributed by atoms with Crippen LogP contribution >= 0.6 is 0 Å². The van der Waals surface area contributed by atoms with Gasteiger partial charge in [-0.05, 0) is 25.0 Å². The molecule has 0 bridgehead atoms. The van der Waals surface area contributed by atoms with E-state index in [-0.39, 0.29) is 25.1 Å². The second kappa shape index (κ2) is 7.87. The van der Waals surface area contributed by atoms with Crippen LogP contribution in [0.1, 0.15) is 12.8 Å². The number of aliphatic hydroxyl groups is 1. The molecule has 5 nitrogen and oxygen atoms in total. The number of para-hydroxylation sites is 1. The third kappa shape index (κ3) is 4.51. The number of ether oxygens (including phenoxy) is 1. The lowest BCUT2D eigenvalue weighted by Crippen LogP contribution is -2.45. The van der Waals surface area contributed by atoms with Gasteiger partial charge < -0.3 is 20.1 Å². The summed E-state index contributed by atoms with van der Waals surface area (Å²) in [4.78, 5) is 14.0. The largest absolute Gasteiger partial charge is 0.395 e. The Morgan fingerprint density at radius 1 is 1.30 bits per heavy atom. The van der Waals surface area contributed by atoms with Gasteiger partial charge in [-0.15, -0.1) is 0 Å². The minimum atomic E-state index is -0.00537. The van der Waals surface area contributed by atoms with E-state index in [1.54, 1.807) is 0 Å². The highest BCUT2D eigenvalue weighted by atomic mass is 16.5. The van der Waals surface area contributed by atoms with E-state index < -0.39 is 0 Å². The molecule has 1 amide bonds. The number of nitrogens with zero attached hydrogens (tertiary/aromatic N) is 1. The number of hydrogen-bond donors (Lipinski definition) is 2. The van der Waals surface area contributed by atoms with Gasteiger partial charge in [0, 0.05) is 31.5 Å². The van der Waals surface area contributed by atoms with Gasteiger partial charge in [0.25, 0.3) is 0 Å². The maximum absolute atomic E-state index is 12.1. The third-order valence-electron chi connectivity index (χ3n) is 3.41. The number of hydrogen-bond acceptors (Lipinski definition) is 4. The molecule has 0 radical (unpaired) electrons. The Morgan fingerprint density at radius 3 is 2.65 bits per heavy atom. The van der Waals surface area contributed by atoms with Crippen molar-refractivity contribution in [3.63, 3.8) is 0 Å². The maximum Gasteiger partial charge on any atom is 0.239 e. The molecule has 1 aliphatic rings. The number of carbonyl (C=O) groups is 1. The first-order chi connectivity index (χ1) is 9.79. The standard InChI is InChI=1S/C15H22N2O3/c18-9-8-17(14-4-2-1-3-5-14)12-15(19)16-13-6-10-20-11-7-13/h1-5,13,18H,6-12H2,(H,16,19). The summed E-state index contributed by atoms with van der Waals surface area (Å²) in [5.74, 6) is -0.00537. The van der Waals surface area contributed by atoms with Gasteiger partial charge in [-0.1, -0.05) is 18.2 Å². The van der Waals surface area contributed by atoms with Gasteiger partial charge in [-0.2, -0.15) is 0 Å². The molecule has 0 atom stereocenters. The molecule has 1 aromatic rings. The fourth-order valence-corrected chi connectivity index (χ4v) is 2.35. The van der Waals surface area contributed by atoms with Gasteiger partial charge in [0.1, 0.15) is 0 Å². The first-order valence-corrected chi connectivity index (χ1v) is 7.07. The summed E-state index contributed by atoms with van der Waals surface area (Å²) in [7, 11) is 0. The smallest absolute Gasteiger partial charge is 0.239 e. The molecule has 0 spiro atoms.